The highest BCUT2D eigenvalue weighted by molar-refractivity contribution is 6.33. The summed E-state index contributed by atoms with van der Waals surface area (Å²) in [5.74, 6) is -0.0466. The molecule has 0 bridgehead atoms. The van der Waals surface area contributed by atoms with Gasteiger partial charge in [-0.3, -0.25) is 0 Å². The fraction of sp³-hybridized carbons (Fsp3) is 0.200. The van der Waals surface area contributed by atoms with Crippen molar-refractivity contribution in [1.29, 1.82) is 0 Å². The number of halogens is 3. The van der Waals surface area contributed by atoms with E-state index in [4.69, 9.17) is 34.8 Å². The predicted octanol–water partition coefficient (Wildman–Crippen LogP) is 4.97. The zero-order valence-corrected chi connectivity index (χ0v) is 12.4. The molecular weight excluding hydrogens is 303 g/mol. The predicted molar refractivity (Wildman–Crippen MR) is 81.4 cm³/mol. The molecule has 2 aromatic rings. The molecule has 0 aromatic heterocycles. The highest BCUT2D eigenvalue weighted by Crippen LogP contribution is 2.28. The number of benzene rings is 2. The van der Waals surface area contributed by atoms with E-state index in [0.717, 1.165) is 11.1 Å². The van der Waals surface area contributed by atoms with Crippen molar-refractivity contribution in [3.05, 3.63) is 68.7 Å². The van der Waals surface area contributed by atoms with E-state index in [0.29, 0.717) is 21.5 Å². The Balaban J connectivity index is 2.26. The Bertz CT molecular complexity index is 569. The van der Waals surface area contributed by atoms with Crippen LogP contribution in [0.15, 0.2) is 42.5 Å². The molecule has 0 spiro atoms. The summed E-state index contributed by atoms with van der Waals surface area (Å²) in [4.78, 5) is 0. The first kappa shape index (κ1) is 14.7. The average molecular weight is 316 g/mol. The molecular formula is C15H13Cl3O. The van der Waals surface area contributed by atoms with Crippen molar-refractivity contribution in [2.24, 2.45) is 0 Å². The Morgan fingerprint density at radius 1 is 0.947 bits per heavy atom. The monoisotopic (exact) mass is 314 g/mol. The second-order valence-corrected chi connectivity index (χ2v) is 5.65. The lowest BCUT2D eigenvalue weighted by Crippen LogP contribution is -2.08. The second kappa shape index (κ2) is 6.62. The van der Waals surface area contributed by atoms with Gasteiger partial charge in [-0.25, -0.2) is 0 Å². The molecule has 0 radical (unpaired) electrons. The quantitative estimate of drug-likeness (QED) is 0.845. The van der Waals surface area contributed by atoms with Crippen molar-refractivity contribution in [3.8, 4) is 0 Å². The van der Waals surface area contributed by atoms with Gasteiger partial charge in [0, 0.05) is 21.0 Å². The first-order chi connectivity index (χ1) is 9.10. The number of aliphatic hydroxyl groups is 1. The Kier molecular flexibility index (Phi) is 5.12. The van der Waals surface area contributed by atoms with Crippen molar-refractivity contribution in [1.82, 2.24) is 0 Å². The highest BCUT2D eigenvalue weighted by Gasteiger charge is 2.14. The standard InChI is InChI=1S/C15H13Cl3O/c16-13-3-1-2-10(7-13)12(9-19)6-11-8-14(17)4-5-15(11)18/h1-5,7-8,12,19H,6,9H2. The van der Waals surface area contributed by atoms with E-state index in [2.05, 4.69) is 0 Å². The molecule has 0 aliphatic carbocycles. The van der Waals surface area contributed by atoms with Gasteiger partial charge < -0.3 is 5.11 Å². The van der Waals surface area contributed by atoms with Gasteiger partial charge in [0.1, 0.15) is 0 Å². The smallest absolute Gasteiger partial charge is 0.0502 e. The lowest BCUT2D eigenvalue weighted by molar-refractivity contribution is 0.264. The zero-order chi connectivity index (χ0) is 13.8. The van der Waals surface area contributed by atoms with Gasteiger partial charge in [-0.1, -0.05) is 46.9 Å². The molecule has 100 valence electrons. The summed E-state index contributed by atoms with van der Waals surface area (Å²) < 4.78 is 0. The van der Waals surface area contributed by atoms with Crippen molar-refractivity contribution >= 4 is 34.8 Å². The number of hydrogen-bond acceptors (Lipinski definition) is 1. The minimum Gasteiger partial charge on any atom is -0.396 e. The molecule has 0 heterocycles. The van der Waals surface area contributed by atoms with Gasteiger partial charge in [0.25, 0.3) is 0 Å². The number of rotatable bonds is 4. The highest BCUT2D eigenvalue weighted by atomic mass is 35.5. The van der Waals surface area contributed by atoms with Crippen LogP contribution in [0.5, 0.6) is 0 Å². The third-order valence-corrected chi connectivity index (χ3v) is 3.85. The summed E-state index contributed by atoms with van der Waals surface area (Å²) >= 11 is 18.1. The first-order valence-electron chi connectivity index (χ1n) is 5.90. The van der Waals surface area contributed by atoms with Gasteiger partial charge in [0.15, 0.2) is 0 Å². The van der Waals surface area contributed by atoms with Gasteiger partial charge in [-0.05, 0) is 47.9 Å². The van der Waals surface area contributed by atoms with Crippen molar-refractivity contribution in [2.75, 3.05) is 6.61 Å². The molecule has 0 aliphatic heterocycles. The molecule has 1 nitrogen and oxygen atoms in total. The minimum atomic E-state index is -0.0466. The normalized spacial score (nSPS) is 12.4. The van der Waals surface area contributed by atoms with Crippen LogP contribution in [-0.4, -0.2) is 11.7 Å². The maximum absolute atomic E-state index is 9.57. The van der Waals surface area contributed by atoms with Crippen LogP contribution in [0.1, 0.15) is 17.0 Å². The van der Waals surface area contributed by atoms with Crippen molar-refractivity contribution in [2.45, 2.75) is 12.3 Å². The van der Waals surface area contributed by atoms with Crippen LogP contribution < -0.4 is 0 Å². The van der Waals surface area contributed by atoms with Crippen molar-refractivity contribution in [3.63, 3.8) is 0 Å². The van der Waals surface area contributed by atoms with Gasteiger partial charge in [0.2, 0.25) is 0 Å². The fourth-order valence-corrected chi connectivity index (χ4v) is 2.60. The number of hydrogen-bond donors (Lipinski definition) is 1. The summed E-state index contributed by atoms with van der Waals surface area (Å²) in [6.45, 7) is 0.0309. The molecule has 0 saturated heterocycles. The van der Waals surface area contributed by atoms with Crippen LogP contribution in [0.4, 0.5) is 0 Å². The van der Waals surface area contributed by atoms with Gasteiger partial charge >= 0.3 is 0 Å². The summed E-state index contributed by atoms with van der Waals surface area (Å²) in [6.07, 6.45) is 0.621. The number of aliphatic hydroxyl groups excluding tert-OH is 1. The molecule has 2 aromatic carbocycles. The van der Waals surface area contributed by atoms with Crippen LogP contribution in [-0.2, 0) is 6.42 Å². The van der Waals surface area contributed by atoms with Gasteiger partial charge in [0.05, 0.1) is 6.61 Å². The minimum absolute atomic E-state index is 0.0309. The molecule has 0 saturated carbocycles. The molecule has 2 rings (SSSR count). The Morgan fingerprint density at radius 3 is 2.37 bits per heavy atom. The summed E-state index contributed by atoms with van der Waals surface area (Å²) in [5.41, 5.74) is 1.92. The molecule has 0 aliphatic rings. The van der Waals surface area contributed by atoms with Crippen LogP contribution in [0.2, 0.25) is 15.1 Å². The van der Waals surface area contributed by atoms with Crippen LogP contribution in [0, 0.1) is 0 Å². The van der Waals surface area contributed by atoms with E-state index in [9.17, 15) is 5.11 Å². The molecule has 0 fully saturated rings. The van der Waals surface area contributed by atoms with E-state index in [1.807, 2.05) is 30.3 Å². The Morgan fingerprint density at radius 2 is 1.68 bits per heavy atom. The van der Waals surface area contributed by atoms with Gasteiger partial charge in [-0.2, -0.15) is 0 Å². The topological polar surface area (TPSA) is 20.2 Å². The first-order valence-corrected chi connectivity index (χ1v) is 7.04. The molecule has 1 N–H and O–H groups in total. The lowest BCUT2D eigenvalue weighted by atomic mass is 9.93. The van der Waals surface area contributed by atoms with Crippen LogP contribution >= 0.6 is 34.8 Å². The zero-order valence-electron chi connectivity index (χ0n) is 10.1. The van der Waals surface area contributed by atoms with Crippen LogP contribution in [0.25, 0.3) is 0 Å². The summed E-state index contributed by atoms with van der Waals surface area (Å²) in [5, 5.41) is 11.5. The Labute approximate surface area is 127 Å². The summed E-state index contributed by atoms with van der Waals surface area (Å²) in [7, 11) is 0. The molecule has 0 amide bonds. The maximum atomic E-state index is 9.57. The molecule has 4 heteroatoms. The van der Waals surface area contributed by atoms with Crippen molar-refractivity contribution < 1.29 is 5.11 Å². The van der Waals surface area contributed by atoms with E-state index in [1.54, 1.807) is 12.1 Å². The van der Waals surface area contributed by atoms with E-state index in [-0.39, 0.29) is 12.5 Å². The average Bonchev–Trinajstić information content (AvgIpc) is 2.39. The third-order valence-electron chi connectivity index (χ3n) is 3.01. The lowest BCUT2D eigenvalue weighted by Gasteiger charge is -2.16. The van der Waals surface area contributed by atoms with E-state index in [1.165, 1.54) is 0 Å². The SMILES string of the molecule is OCC(Cc1cc(Cl)ccc1Cl)c1cccc(Cl)c1. The molecule has 19 heavy (non-hydrogen) atoms. The Hall–Kier alpha value is -0.730. The van der Waals surface area contributed by atoms with Gasteiger partial charge in [-0.15, -0.1) is 0 Å². The van der Waals surface area contributed by atoms with E-state index < -0.39 is 0 Å². The van der Waals surface area contributed by atoms with E-state index >= 15 is 0 Å². The second-order valence-electron chi connectivity index (χ2n) is 4.37. The molecule has 1 atom stereocenters. The molecule has 1 unspecified atom stereocenters. The third kappa shape index (κ3) is 3.87. The largest absolute Gasteiger partial charge is 0.396 e. The van der Waals surface area contributed by atoms with Crippen LogP contribution in [0.3, 0.4) is 0 Å². The maximum Gasteiger partial charge on any atom is 0.0502 e. The fourth-order valence-electron chi connectivity index (χ4n) is 2.01. The summed E-state index contributed by atoms with van der Waals surface area (Å²) in [6, 6.07) is 12.8.